The lowest BCUT2D eigenvalue weighted by atomic mass is 10.1. The number of carbonyl (C=O) groups excluding carboxylic acids is 1. The van der Waals surface area contributed by atoms with Crippen molar-refractivity contribution in [1.29, 1.82) is 0 Å². The summed E-state index contributed by atoms with van der Waals surface area (Å²) in [5.74, 6) is -0.123. The van der Waals surface area contributed by atoms with Crippen LogP contribution in [0.4, 0.5) is 11.6 Å². The molecular weight excluding hydrogens is 338 g/mol. The van der Waals surface area contributed by atoms with Crippen LogP contribution < -0.4 is 10.5 Å². The van der Waals surface area contributed by atoms with E-state index in [1.165, 1.54) is 12.1 Å². The molecule has 0 saturated heterocycles. The van der Waals surface area contributed by atoms with E-state index in [2.05, 4.69) is 9.97 Å². The van der Waals surface area contributed by atoms with Crippen molar-refractivity contribution in [3.05, 3.63) is 51.3 Å². The Labute approximate surface area is 151 Å². The summed E-state index contributed by atoms with van der Waals surface area (Å²) in [5, 5.41) is 11.1. The first kappa shape index (κ1) is 19.1. The highest BCUT2D eigenvalue weighted by Gasteiger charge is 2.23. The Bertz CT molecular complexity index is 821. The van der Waals surface area contributed by atoms with Crippen LogP contribution in [0.1, 0.15) is 35.6 Å². The number of nitrogens with two attached hydrogens (primary N) is 1. The van der Waals surface area contributed by atoms with E-state index in [1.54, 1.807) is 24.0 Å². The number of para-hydroxylation sites is 2. The monoisotopic (exact) mass is 359 g/mol. The predicted octanol–water partition coefficient (Wildman–Crippen LogP) is 2.34. The molecule has 2 aromatic rings. The number of amides is 1. The van der Waals surface area contributed by atoms with Crippen LogP contribution in [0, 0.1) is 17.0 Å². The molecular formula is C17H21N5O4. The van der Waals surface area contributed by atoms with Crippen molar-refractivity contribution in [2.45, 2.75) is 27.4 Å². The minimum Gasteiger partial charge on any atom is -0.480 e. The second-order valence-electron chi connectivity index (χ2n) is 5.48. The van der Waals surface area contributed by atoms with Gasteiger partial charge in [0, 0.05) is 19.2 Å². The van der Waals surface area contributed by atoms with Gasteiger partial charge in [-0.25, -0.2) is 9.97 Å². The van der Waals surface area contributed by atoms with Crippen LogP contribution in [-0.4, -0.2) is 38.8 Å². The normalized spacial score (nSPS) is 10.4. The van der Waals surface area contributed by atoms with Crippen molar-refractivity contribution in [3.63, 3.8) is 0 Å². The third-order valence-corrected chi connectivity index (χ3v) is 3.87. The van der Waals surface area contributed by atoms with E-state index in [1.807, 2.05) is 13.8 Å². The van der Waals surface area contributed by atoms with E-state index in [4.69, 9.17) is 10.5 Å². The third-order valence-electron chi connectivity index (χ3n) is 3.87. The number of ether oxygens (including phenoxy) is 1. The first-order valence-electron chi connectivity index (χ1n) is 8.17. The zero-order chi connectivity index (χ0) is 19.3. The van der Waals surface area contributed by atoms with Gasteiger partial charge in [0.2, 0.25) is 5.95 Å². The van der Waals surface area contributed by atoms with Crippen LogP contribution in [0.2, 0.25) is 0 Å². The summed E-state index contributed by atoms with van der Waals surface area (Å²) in [5.41, 5.74) is 6.59. The van der Waals surface area contributed by atoms with E-state index in [0.717, 1.165) is 0 Å². The largest absolute Gasteiger partial charge is 0.480 e. The molecule has 26 heavy (non-hydrogen) atoms. The number of aryl methyl sites for hydroxylation is 1. The molecule has 0 aliphatic rings. The Morgan fingerprint density at radius 1 is 1.27 bits per heavy atom. The van der Waals surface area contributed by atoms with Gasteiger partial charge < -0.3 is 15.4 Å². The molecule has 1 aromatic heterocycles. The number of benzene rings is 1. The second-order valence-corrected chi connectivity index (χ2v) is 5.48. The fraction of sp³-hybridized carbons (Fsp3) is 0.353. The lowest BCUT2D eigenvalue weighted by molar-refractivity contribution is -0.385. The fourth-order valence-corrected chi connectivity index (χ4v) is 2.58. The fourth-order valence-electron chi connectivity index (χ4n) is 2.58. The summed E-state index contributed by atoms with van der Waals surface area (Å²) in [6.45, 7) is 6.34. The molecule has 0 saturated carbocycles. The Balaban J connectivity index is 2.38. The van der Waals surface area contributed by atoms with Crippen molar-refractivity contribution >= 4 is 17.5 Å². The summed E-state index contributed by atoms with van der Waals surface area (Å²) in [7, 11) is 0. The molecule has 0 aliphatic carbocycles. The number of nitro groups is 1. The number of nitrogen functional groups attached to an aromatic ring is 1. The Hall–Kier alpha value is -3.23. The van der Waals surface area contributed by atoms with E-state index in [9.17, 15) is 14.9 Å². The van der Waals surface area contributed by atoms with Gasteiger partial charge in [0.05, 0.1) is 21.9 Å². The number of anilines is 1. The van der Waals surface area contributed by atoms with Crippen molar-refractivity contribution < 1.29 is 14.5 Å². The van der Waals surface area contributed by atoms with E-state index < -0.39 is 4.92 Å². The Kier molecular flexibility index (Phi) is 6.05. The number of hydrogen-bond donors (Lipinski definition) is 1. The number of nitrogens with zero attached hydrogens (tertiary/aromatic N) is 4. The molecule has 2 N–H and O–H groups in total. The zero-order valence-corrected chi connectivity index (χ0v) is 14.9. The van der Waals surface area contributed by atoms with Crippen molar-refractivity contribution in [2.75, 3.05) is 18.8 Å². The van der Waals surface area contributed by atoms with Crippen LogP contribution in [0.25, 0.3) is 0 Å². The molecule has 2 rings (SSSR count). The number of rotatable bonds is 7. The molecule has 1 aromatic carbocycles. The third kappa shape index (κ3) is 4.05. The molecule has 0 bridgehead atoms. The molecule has 0 radical (unpaired) electrons. The maximum Gasteiger partial charge on any atom is 0.310 e. The highest BCUT2D eigenvalue weighted by Crippen LogP contribution is 2.27. The van der Waals surface area contributed by atoms with Gasteiger partial charge in [0.1, 0.15) is 6.61 Å². The van der Waals surface area contributed by atoms with E-state index >= 15 is 0 Å². The highest BCUT2D eigenvalue weighted by molar-refractivity contribution is 5.96. The van der Waals surface area contributed by atoms with E-state index in [0.29, 0.717) is 30.0 Å². The van der Waals surface area contributed by atoms with Gasteiger partial charge in [-0.3, -0.25) is 14.9 Å². The van der Waals surface area contributed by atoms with Crippen molar-refractivity contribution in [1.82, 2.24) is 14.9 Å². The highest BCUT2D eigenvalue weighted by atomic mass is 16.6. The number of nitro benzene ring substituents is 1. The summed E-state index contributed by atoms with van der Waals surface area (Å²) < 4.78 is 5.57. The van der Waals surface area contributed by atoms with Gasteiger partial charge in [-0.15, -0.1) is 0 Å². The SMILES string of the molecule is CCN(CC)C(=O)c1c(C)nc(N)nc1COc1ccccc1[N+](=O)[O-]. The average molecular weight is 359 g/mol. The van der Waals surface area contributed by atoms with Gasteiger partial charge in [-0.05, 0) is 26.8 Å². The number of aromatic nitrogens is 2. The standard InChI is InChI=1S/C17H21N5O4/c1-4-21(5-2)16(23)15-11(3)19-17(18)20-12(15)10-26-14-9-7-6-8-13(14)22(24)25/h6-9H,4-5,10H2,1-3H3,(H2,18,19,20). The Morgan fingerprint density at radius 2 is 1.92 bits per heavy atom. The summed E-state index contributed by atoms with van der Waals surface area (Å²) in [6.07, 6.45) is 0. The van der Waals surface area contributed by atoms with Crippen molar-refractivity contribution in [3.8, 4) is 5.75 Å². The van der Waals surface area contributed by atoms with Gasteiger partial charge in [0.25, 0.3) is 5.91 Å². The lowest BCUT2D eigenvalue weighted by Gasteiger charge is -2.21. The summed E-state index contributed by atoms with van der Waals surface area (Å²) in [4.78, 5) is 33.2. The topological polar surface area (TPSA) is 124 Å². The number of hydrogen-bond acceptors (Lipinski definition) is 7. The van der Waals surface area contributed by atoms with Crippen LogP contribution in [0.15, 0.2) is 24.3 Å². The summed E-state index contributed by atoms with van der Waals surface area (Å²) >= 11 is 0. The van der Waals surface area contributed by atoms with Gasteiger partial charge in [-0.2, -0.15) is 0 Å². The van der Waals surface area contributed by atoms with Gasteiger partial charge in [0.15, 0.2) is 5.75 Å². The predicted molar refractivity (Wildman–Crippen MR) is 95.9 cm³/mol. The van der Waals surface area contributed by atoms with Gasteiger partial charge in [-0.1, -0.05) is 12.1 Å². The smallest absolute Gasteiger partial charge is 0.310 e. The second kappa shape index (κ2) is 8.24. The summed E-state index contributed by atoms with van der Waals surface area (Å²) in [6, 6.07) is 6.01. The molecule has 9 heteroatoms. The minimum atomic E-state index is -0.531. The van der Waals surface area contributed by atoms with Crippen LogP contribution >= 0.6 is 0 Å². The molecule has 0 fully saturated rings. The molecule has 0 aliphatic heterocycles. The van der Waals surface area contributed by atoms with E-state index in [-0.39, 0.29) is 29.9 Å². The average Bonchev–Trinajstić information content (AvgIpc) is 2.60. The molecule has 0 unspecified atom stereocenters. The zero-order valence-electron chi connectivity index (χ0n) is 14.9. The first-order chi connectivity index (χ1) is 12.4. The maximum absolute atomic E-state index is 12.8. The molecule has 1 heterocycles. The van der Waals surface area contributed by atoms with Crippen LogP contribution in [0.3, 0.4) is 0 Å². The minimum absolute atomic E-state index is 0.0137. The lowest BCUT2D eigenvalue weighted by Crippen LogP contribution is -2.32. The quantitative estimate of drug-likeness (QED) is 0.594. The molecule has 9 nitrogen and oxygen atoms in total. The van der Waals surface area contributed by atoms with Crippen molar-refractivity contribution in [2.24, 2.45) is 0 Å². The maximum atomic E-state index is 12.8. The van der Waals surface area contributed by atoms with Crippen LogP contribution in [0.5, 0.6) is 5.75 Å². The Morgan fingerprint density at radius 3 is 2.54 bits per heavy atom. The first-order valence-corrected chi connectivity index (χ1v) is 8.17. The molecule has 0 atom stereocenters. The van der Waals surface area contributed by atoms with Crippen LogP contribution in [-0.2, 0) is 6.61 Å². The molecule has 1 amide bonds. The van der Waals surface area contributed by atoms with Gasteiger partial charge >= 0.3 is 5.69 Å². The molecule has 0 spiro atoms. The number of carbonyl (C=O) groups is 1. The molecule has 138 valence electrons.